The number of nitrogens with one attached hydrogen (secondary N) is 2. The second-order valence-electron chi connectivity index (χ2n) is 7.71. The Kier molecular flexibility index (Phi) is 7.53. The van der Waals surface area contributed by atoms with Gasteiger partial charge in [-0.1, -0.05) is 72.8 Å². The minimum Gasteiger partial charge on any atom is -0.338 e. The van der Waals surface area contributed by atoms with E-state index in [1.54, 1.807) is 42.5 Å². The maximum absolute atomic E-state index is 13.2. The van der Waals surface area contributed by atoms with Gasteiger partial charge in [0, 0.05) is 5.56 Å². The van der Waals surface area contributed by atoms with E-state index in [-0.39, 0.29) is 16.0 Å². The van der Waals surface area contributed by atoms with E-state index in [1.807, 2.05) is 30.3 Å². The standard InChI is InChI=1S/C27H21FN2O5S/c28-23-15-17-24(18-16-23)36(33,34)30-25(21-9-5-2-6-10-21)27(32)35-29-26(31)22-13-11-20(12-14-22)19-7-3-1-4-8-19/h1-18,25,30H,(H,29,31). The maximum atomic E-state index is 13.2. The summed E-state index contributed by atoms with van der Waals surface area (Å²) in [6.07, 6.45) is 0. The van der Waals surface area contributed by atoms with Crippen LogP contribution >= 0.6 is 0 Å². The van der Waals surface area contributed by atoms with Gasteiger partial charge in [-0.25, -0.2) is 17.6 Å². The van der Waals surface area contributed by atoms with Crippen molar-refractivity contribution in [2.75, 3.05) is 0 Å². The molecule has 0 aromatic heterocycles. The number of sulfonamides is 1. The number of rotatable bonds is 7. The zero-order chi connectivity index (χ0) is 25.5. The van der Waals surface area contributed by atoms with E-state index in [4.69, 9.17) is 4.84 Å². The molecular formula is C27H21FN2O5S. The van der Waals surface area contributed by atoms with Gasteiger partial charge >= 0.3 is 5.97 Å². The first kappa shape index (κ1) is 24.8. The average Bonchev–Trinajstić information content (AvgIpc) is 2.91. The van der Waals surface area contributed by atoms with Crippen LogP contribution in [0.15, 0.2) is 114 Å². The summed E-state index contributed by atoms with van der Waals surface area (Å²) in [4.78, 5) is 30.1. The first-order valence-electron chi connectivity index (χ1n) is 10.8. The Morgan fingerprint density at radius 3 is 1.89 bits per heavy atom. The molecule has 0 aliphatic rings. The highest BCUT2D eigenvalue weighted by Crippen LogP contribution is 2.21. The number of halogens is 1. The number of carbonyl (C=O) groups excluding carboxylic acids is 2. The van der Waals surface area contributed by atoms with Gasteiger partial charge in [-0.3, -0.25) is 4.79 Å². The van der Waals surface area contributed by atoms with Gasteiger partial charge in [0.1, 0.15) is 11.9 Å². The summed E-state index contributed by atoms with van der Waals surface area (Å²) >= 11 is 0. The molecule has 0 radical (unpaired) electrons. The molecule has 2 N–H and O–H groups in total. The predicted molar refractivity (Wildman–Crippen MR) is 131 cm³/mol. The molecule has 4 aromatic rings. The highest BCUT2D eigenvalue weighted by molar-refractivity contribution is 7.89. The van der Waals surface area contributed by atoms with Gasteiger partial charge in [0.2, 0.25) is 10.0 Å². The molecule has 0 bridgehead atoms. The number of hydrogen-bond acceptors (Lipinski definition) is 5. The Balaban J connectivity index is 1.47. The van der Waals surface area contributed by atoms with E-state index in [1.165, 1.54) is 12.1 Å². The van der Waals surface area contributed by atoms with Gasteiger partial charge in [0.05, 0.1) is 4.90 Å². The molecule has 4 rings (SSSR count). The Hall–Kier alpha value is -4.34. The van der Waals surface area contributed by atoms with Crippen molar-refractivity contribution >= 4 is 21.9 Å². The van der Waals surface area contributed by atoms with Crippen molar-refractivity contribution in [2.24, 2.45) is 0 Å². The van der Waals surface area contributed by atoms with Crippen LogP contribution in [0.4, 0.5) is 4.39 Å². The fourth-order valence-corrected chi connectivity index (χ4v) is 4.57. The molecule has 0 aliphatic carbocycles. The fraction of sp³-hybridized carbons (Fsp3) is 0.0370. The molecular weight excluding hydrogens is 483 g/mol. The first-order chi connectivity index (χ1) is 17.3. The van der Waals surface area contributed by atoms with E-state index in [0.29, 0.717) is 0 Å². The molecule has 1 unspecified atom stereocenters. The molecule has 9 heteroatoms. The Morgan fingerprint density at radius 2 is 1.28 bits per heavy atom. The SMILES string of the molecule is O=C(NOC(=O)C(NS(=O)(=O)c1ccc(F)cc1)c1ccccc1)c1ccc(-c2ccccc2)cc1. The maximum Gasteiger partial charge on any atom is 0.354 e. The lowest BCUT2D eigenvalue weighted by molar-refractivity contribution is -0.151. The van der Waals surface area contributed by atoms with Crippen LogP contribution in [0.1, 0.15) is 22.0 Å². The molecule has 182 valence electrons. The lowest BCUT2D eigenvalue weighted by Gasteiger charge is -2.18. The topological polar surface area (TPSA) is 102 Å². The summed E-state index contributed by atoms with van der Waals surface area (Å²) in [7, 11) is -4.22. The summed E-state index contributed by atoms with van der Waals surface area (Å²) in [5.41, 5.74) is 4.48. The van der Waals surface area contributed by atoms with Crippen molar-refractivity contribution in [1.82, 2.24) is 10.2 Å². The van der Waals surface area contributed by atoms with Gasteiger partial charge in [-0.2, -0.15) is 10.2 Å². The molecule has 0 heterocycles. The van der Waals surface area contributed by atoms with Crippen molar-refractivity contribution < 1.29 is 27.2 Å². The van der Waals surface area contributed by atoms with Crippen molar-refractivity contribution in [3.63, 3.8) is 0 Å². The highest BCUT2D eigenvalue weighted by Gasteiger charge is 2.29. The van der Waals surface area contributed by atoms with Gasteiger partial charge in [-0.15, -0.1) is 0 Å². The summed E-state index contributed by atoms with van der Waals surface area (Å²) < 4.78 is 41.1. The van der Waals surface area contributed by atoms with Gasteiger partial charge in [0.25, 0.3) is 5.91 Å². The molecule has 0 saturated heterocycles. The van der Waals surface area contributed by atoms with Crippen LogP contribution in [0.3, 0.4) is 0 Å². The molecule has 4 aromatic carbocycles. The van der Waals surface area contributed by atoms with Crippen molar-refractivity contribution in [1.29, 1.82) is 0 Å². The lowest BCUT2D eigenvalue weighted by Crippen LogP contribution is -2.38. The van der Waals surface area contributed by atoms with Crippen LogP contribution in [0, 0.1) is 5.82 Å². The summed E-state index contributed by atoms with van der Waals surface area (Å²) in [5, 5.41) is 0. The third-order valence-corrected chi connectivity index (χ3v) is 6.70. The number of hydroxylamine groups is 1. The third-order valence-electron chi connectivity index (χ3n) is 5.26. The van der Waals surface area contributed by atoms with Crippen LogP contribution < -0.4 is 10.2 Å². The molecule has 0 saturated carbocycles. The largest absolute Gasteiger partial charge is 0.354 e. The number of hydrogen-bond donors (Lipinski definition) is 2. The Morgan fingerprint density at radius 1 is 0.722 bits per heavy atom. The normalized spacial score (nSPS) is 11.9. The number of amides is 1. The highest BCUT2D eigenvalue weighted by atomic mass is 32.2. The summed E-state index contributed by atoms with van der Waals surface area (Å²) in [6, 6.07) is 26.9. The van der Waals surface area contributed by atoms with Crippen molar-refractivity contribution in [3.05, 3.63) is 126 Å². The lowest BCUT2D eigenvalue weighted by atomic mass is 10.0. The molecule has 0 fully saturated rings. The van der Waals surface area contributed by atoms with E-state index < -0.39 is 33.8 Å². The molecule has 36 heavy (non-hydrogen) atoms. The van der Waals surface area contributed by atoms with E-state index >= 15 is 0 Å². The van der Waals surface area contributed by atoms with E-state index in [9.17, 15) is 22.4 Å². The molecule has 7 nitrogen and oxygen atoms in total. The molecule has 1 atom stereocenters. The Bertz CT molecular complexity index is 1440. The van der Waals surface area contributed by atoms with E-state index in [0.717, 1.165) is 35.4 Å². The smallest absolute Gasteiger partial charge is 0.338 e. The van der Waals surface area contributed by atoms with Crippen LogP contribution in [0.25, 0.3) is 11.1 Å². The third kappa shape index (κ3) is 6.01. The Labute approximate surface area is 207 Å². The van der Waals surface area contributed by atoms with Crippen LogP contribution in [-0.4, -0.2) is 20.3 Å². The zero-order valence-electron chi connectivity index (χ0n) is 18.8. The monoisotopic (exact) mass is 504 g/mol. The van der Waals surface area contributed by atoms with Gasteiger partial charge in [-0.05, 0) is 53.1 Å². The van der Waals surface area contributed by atoms with Crippen molar-refractivity contribution in [3.8, 4) is 11.1 Å². The van der Waals surface area contributed by atoms with Gasteiger partial charge in [0.15, 0.2) is 0 Å². The minimum absolute atomic E-state index is 0.236. The number of benzene rings is 4. The van der Waals surface area contributed by atoms with Crippen molar-refractivity contribution in [2.45, 2.75) is 10.9 Å². The number of carbonyl (C=O) groups is 2. The second kappa shape index (κ2) is 10.9. The molecule has 0 spiro atoms. The summed E-state index contributed by atoms with van der Waals surface area (Å²) in [5.74, 6) is -2.34. The van der Waals surface area contributed by atoms with Crippen LogP contribution in [0.5, 0.6) is 0 Å². The van der Waals surface area contributed by atoms with Crippen LogP contribution in [0.2, 0.25) is 0 Å². The van der Waals surface area contributed by atoms with E-state index in [2.05, 4.69) is 10.2 Å². The quantitative estimate of drug-likeness (QED) is 0.363. The van der Waals surface area contributed by atoms with Gasteiger partial charge < -0.3 is 4.84 Å². The fourth-order valence-electron chi connectivity index (χ4n) is 3.39. The zero-order valence-corrected chi connectivity index (χ0v) is 19.6. The molecule has 0 aliphatic heterocycles. The average molecular weight is 505 g/mol. The second-order valence-corrected chi connectivity index (χ2v) is 9.43. The minimum atomic E-state index is -4.22. The first-order valence-corrected chi connectivity index (χ1v) is 12.3. The molecule has 1 amide bonds. The predicted octanol–water partition coefficient (Wildman–Crippen LogP) is 4.40. The van der Waals surface area contributed by atoms with Crippen LogP contribution in [-0.2, 0) is 19.7 Å². The summed E-state index contributed by atoms with van der Waals surface area (Å²) in [6.45, 7) is 0.